The van der Waals surface area contributed by atoms with Gasteiger partial charge in [-0.2, -0.15) is 4.98 Å². The van der Waals surface area contributed by atoms with E-state index in [2.05, 4.69) is 22.4 Å². The molecule has 0 aliphatic carbocycles. The summed E-state index contributed by atoms with van der Waals surface area (Å²) in [6.07, 6.45) is 1.83. The van der Waals surface area contributed by atoms with Gasteiger partial charge in [-0.15, -0.1) is 0 Å². The summed E-state index contributed by atoms with van der Waals surface area (Å²) < 4.78 is 5.09. The van der Waals surface area contributed by atoms with Gasteiger partial charge in [-0.25, -0.2) is 0 Å². The number of anilines is 1. The van der Waals surface area contributed by atoms with Crippen LogP contribution in [0.2, 0.25) is 0 Å². The van der Waals surface area contributed by atoms with Crippen LogP contribution in [0.25, 0.3) is 0 Å². The molecule has 1 N–H and O–H groups in total. The maximum absolute atomic E-state index is 5.09. The molecule has 0 saturated heterocycles. The molecular weight excluding hydrogens is 180 g/mol. The van der Waals surface area contributed by atoms with Gasteiger partial charge in [0.1, 0.15) is 0 Å². The van der Waals surface area contributed by atoms with Crippen LogP contribution < -0.4 is 10.2 Å². The number of hydrogen-bond donors (Lipinski definition) is 1. The molecule has 80 valence electrons. The minimum absolute atomic E-state index is 0.477. The predicted octanol–water partition coefficient (Wildman–Crippen LogP) is 0.676. The molecule has 0 amide bonds. The molecule has 1 aromatic rings. The quantitative estimate of drug-likeness (QED) is 0.754. The van der Waals surface area contributed by atoms with Crippen molar-refractivity contribution < 1.29 is 4.52 Å². The molecule has 1 aromatic heterocycles. The summed E-state index contributed by atoms with van der Waals surface area (Å²) in [6, 6.07) is 0.477. The topological polar surface area (TPSA) is 54.2 Å². The van der Waals surface area contributed by atoms with Crippen LogP contribution in [0.1, 0.15) is 19.2 Å². The highest BCUT2D eigenvalue weighted by atomic mass is 16.5. The van der Waals surface area contributed by atoms with Crippen molar-refractivity contribution in [2.24, 2.45) is 0 Å². The van der Waals surface area contributed by atoms with Crippen LogP contribution in [-0.4, -0.2) is 37.3 Å². The highest BCUT2D eigenvalue weighted by molar-refractivity contribution is 5.23. The smallest absolute Gasteiger partial charge is 0.265 e. The first-order valence-electron chi connectivity index (χ1n) is 4.80. The highest BCUT2D eigenvalue weighted by Gasteiger charge is 2.08. The van der Waals surface area contributed by atoms with Crippen molar-refractivity contribution in [3.63, 3.8) is 0 Å². The molecule has 0 fully saturated rings. The van der Waals surface area contributed by atoms with Crippen LogP contribution in [0, 0.1) is 0 Å². The molecule has 0 aliphatic rings. The number of hydrogen-bond acceptors (Lipinski definition) is 5. The fourth-order valence-electron chi connectivity index (χ4n) is 1.01. The van der Waals surface area contributed by atoms with Gasteiger partial charge in [0.25, 0.3) is 5.95 Å². The second kappa shape index (κ2) is 4.95. The van der Waals surface area contributed by atoms with E-state index in [0.717, 1.165) is 12.8 Å². The van der Waals surface area contributed by atoms with Crippen molar-refractivity contribution in [2.75, 3.05) is 26.0 Å². The van der Waals surface area contributed by atoms with E-state index in [1.165, 1.54) is 0 Å². The van der Waals surface area contributed by atoms with Gasteiger partial charge in [-0.1, -0.05) is 0 Å². The summed E-state index contributed by atoms with van der Waals surface area (Å²) in [4.78, 5) is 6.06. The fraction of sp³-hybridized carbons (Fsp3) is 0.778. The highest BCUT2D eigenvalue weighted by Crippen LogP contribution is 2.07. The molecule has 14 heavy (non-hydrogen) atoms. The summed E-state index contributed by atoms with van der Waals surface area (Å²) in [5, 5.41) is 7.00. The lowest BCUT2D eigenvalue weighted by Gasteiger charge is -2.06. The Morgan fingerprint density at radius 1 is 1.50 bits per heavy atom. The normalized spacial score (nSPS) is 12.9. The summed E-state index contributed by atoms with van der Waals surface area (Å²) in [6.45, 7) is 2.13. The Morgan fingerprint density at radius 2 is 2.21 bits per heavy atom. The second-order valence-corrected chi connectivity index (χ2v) is 3.61. The molecule has 0 aliphatic heterocycles. The molecule has 0 spiro atoms. The molecule has 1 heterocycles. The average molecular weight is 198 g/mol. The first kappa shape index (κ1) is 11.0. The van der Waals surface area contributed by atoms with Crippen molar-refractivity contribution in [1.82, 2.24) is 15.5 Å². The van der Waals surface area contributed by atoms with Gasteiger partial charge in [0.2, 0.25) is 5.89 Å². The summed E-state index contributed by atoms with van der Waals surface area (Å²) >= 11 is 0. The number of aryl methyl sites for hydroxylation is 1. The molecule has 5 nitrogen and oxygen atoms in total. The van der Waals surface area contributed by atoms with Gasteiger partial charge in [0, 0.05) is 26.6 Å². The van der Waals surface area contributed by atoms with Crippen molar-refractivity contribution in [3.05, 3.63) is 5.89 Å². The maximum atomic E-state index is 5.09. The molecule has 1 rings (SSSR count). The number of rotatable bonds is 5. The Balaban J connectivity index is 2.44. The first-order chi connectivity index (χ1) is 6.63. The second-order valence-electron chi connectivity index (χ2n) is 3.61. The van der Waals surface area contributed by atoms with Crippen LogP contribution in [0.4, 0.5) is 5.95 Å². The molecule has 1 unspecified atom stereocenters. The summed E-state index contributed by atoms with van der Waals surface area (Å²) in [5.41, 5.74) is 0. The standard InChI is InChI=1S/C9H18N4O/c1-7(10-2)5-6-8-11-9(12-14-8)13(3)4/h7,10H,5-6H2,1-4H3. The van der Waals surface area contributed by atoms with Crippen molar-refractivity contribution in [1.29, 1.82) is 0 Å². The number of nitrogens with one attached hydrogen (secondary N) is 1. The largest absolute Gasteiger partial charge is 0.344 e. The average Bonchev–Trinajstić information content (AvgIpc) is 2.62. The van der Waals surface area contributed by atoms with Crippen LogP contribution in [0.15, 0.2) is 4.52 Å². The van der Waals surface area contributed by atoms with Crippen LogP contribution >= 0.6 is 0 Å². The lowest BCUT2D eigenvalue weighted by molar-refractivity contribution is 0.368. The van der Waals surface area contributed by atoms with Gasteiger partial charge >= 0.3 is 0 Å². The van der Waals surface area contributed by atoms with Crippen LogP contribution in [0.5, 0.6) is 0 Å². The van der Waals surface area contributed by atoms with E-state index in [4.69, 9.17) is 4.52 Å². The monoisotopic (exact) mass is 198 g/mol. The van der Waals surface area contributed by atoms with Crippen molar-refractivity contribution in [2.45, 2.75) is 25.8 Å². The summed E-state index contributed by atoms with van der Waals surface area (Å²) in [7, 11) is 5.74. The Bertz CT molecular complexity index is 272. The van der Waals surface area contributed by atoms with E-state index < -0.39 is 0 Å². The van der Waals surface area contributed by atoms with E-state index in [1.54, 1.807) is 0 Å². The zero-order chi connectivity index (χ0) is 10.6. The molecule has 0 aromatic carbocycles. The minimum Gasteiger partial charge on any atom is -0.344 e. The van der Waals surface area contributed by atoms with Crippen molar-refractivity contribution in [3.8, 4) is 0 Å². The van der Waals surface area contributed by atoms with E-state index in [1.807, 2.05) is 26.0 Å². The molecule has 0 saturated carbocycles. The third-order valence-corrected chi connectivity index (χ3v) is 2.14. The van der Waals surface area contributed by atoms with Gasteiger partial charge in [0.15, 0.2) is 0 Å². The number of aromatic nitrogens is 2. The van der Waals surface area contributed by atoms with Crippen LogP contribution in [-0.2, 0) is 6.42 Å². The SMILES string of the molecule is CNC(C)CCc1nc(N(C)C)no1. The minimum atomic E-state index is 0.477. The van der Waals surface area contributed by atoms with Gasteiger partial charge in [-0.05, 0) is 25.5 Å². The maximum Gasteiger partial charge on any atom is 0.265 e. The third kappa shape index (κ3) is 2.99. The zero-order valence-electron chi connectivity index (χ0n) is 9.24. The third-order valence-electron chi connectivity index (χ3n) is 2.14. The van der Waals surface area contributed by atoms with Gasteiger partial charge in [0.05, 0.1) is 0 Å². The lowest BCUT2D eigenvalue weighted by atomic mass is 10.2. The zero-order valence-corrected chi connectivity index (χ0v) is 9.24. The first-order valence-corrected chi connectivity index (χ1v) is 4.80. The molecular formula is C9H18N4O. The molecule has 0 radical (unpaired) electrons. The molecule has 1 atom stereocenters. The molecule has 5 heteroatoms. The van der Waals surface area contributed by atoms with E-state index in [9.17, 15) is 0 Å². The Hall–Kier alpha value is -1.10. The predicted molar refractivity (Wildman–Crippen MR) is 55.5 cm³/mol. The van der Waals surface area contributed by atoms with Gasteiger partial charge < -0.3 is 14.7 Å². The lowest BCUT2D eigenvalue weighted by Crippen LogP contribution is -2.21. The fourth-order valence-corrected chi connectivity index (χ4v) is 1.01. The van der Waals surface area contributed by atoms with E-state index in [-0.39, 0.29) is 0 Å². The summed E-state index contributed by atoms with van der Waals surface area (Å²) in [5.74, 6) is 1.34. The van der Waals surface area contributed by atoms with Gasteiger partial charge in [-0.3, -0.25) is 0 Å². The van der Waals surface area contributed by atoms with E-state index >= 15 is 0 Å². The Morgan fingerprint density at radius 3 is 2.71 bits per heavy atom. The van der Waals surface area contributed by atoms with Crippen LogP contribution in [0.3, 0.4) is 0 Å². The Kier molecular flexibility index (Phi) is 3.88. The Labute approximate surface area is 84.5 Å². The van der Waals surface area contributed by atoms with Crippen molar-refractivity contribution >= 4 is 5.95 Å². The number of nitrogens with zero attached hydrogens (tertiary/aromatic N) is 3. The molecule has 0 bridgehead atoms. The van der Waals surface area contributed by atoms with E-state index in [0.29, 0.717) is 17.9 Å².